The number of aliphatic hydroxyl groups is 1. The first-order chi connectivity index (χ1) is 12.8. The molecule has 0 fully saturated rings. The van der Waals surface area contributed by atoms with Crippen LogP contribution in [0.25, 0.3) is 10.2 Å². The maximum absolute atomic E-state index is 13.0. The molecule has 2 aromatic carbocycles. The molecule has 3 rings (SSSR count). The molecule has 3 N–H and O–H groups in total. The molecule has 0 saturated carbocycles. The number of nitrogens with one attached hydrogen (secondary N) is 2. The van der Waals surface area contributed by atoms with Crippen molar-refractivity contribution in [1.29, 1.82) is 0 Å². The molecule has 3 aromatic rings. The first-order valence-corrected chi connectivity index (χ1v) is 10.2. The summed E-state index contributed by atoms with van der Waals surface area (Å²) in [5.41, 5.74) is 0.906. The van der Waals surface area contributed by atoms with E-state index in [-0.39, 0.29) is 28.6 Å². The Morgan fingerprint density at radius 1 is 1.26 bits per heavy atom. The van der Waals surface area contributed by atoms with Crippen LogP contribution >= 0.6 is 11.3 Å². The lowest BCUT2D eigenvalue weighted by Gasteiger charge is -2.10. The van der Waals surface area contributed by atoms with Gasteiger partial charge in [-0.3, -0.25) is 9.52 Å². The van der Waals surface area contributed by atoms with Crippen molar-refractivity contribution in [2.45, 2.75) is 17.9 Å². The Morgan fingerprint density at radius 3 is 2.63 bits per heavy atom. The van der Waals surface area contributed by atoms with E-state index in [4.69, 9.17) is 5.11 Å². The Kier molecular flexibility index (Phi) is 5.40. The minimum absolute atomic E-state index is 0.0822. The zero-order valence-electron chi connectivity index (χ0n) is 14.1. The lowest BCUT2D eigenvalue weighted by molar-refractivity contribution is 0.0922. The average molecular weight is 409 g/mol. The highest BCUT2D eigenvalue weighted by molar-refractivity contribution is 7.93. The van der Waals surface area contributed by atoms with Gasteiger partial charge in [0.15, 0.2) is 5.13 Å². The third kappa shape index (κ3) is 4.41. The summed E-state index contributed by atoms with van der Waals surface area (Å²) in [4.78, 5) is 16.2. The molecule has 1 amide bonds. The molecule has 1 aromatic heterocycles. The Hall–Kier alpha value is -2.56. The largest absolute Gasteiger partial charge is 0.394 e. The fraction of sp³-hybridized carbons (Fsp3) is 0.176. The molecule has 1 unspecified atom stereocenters. The molecule has 0 aliphatic rings. The maximum Gasteiger partial charge on any atom is 0.263 e. The van der Waals surface area contributed by atoms with Crippen LogP contribution in [0.1, 0.15) is 17.3 Å². The molecule has 0 radical (unpaired) electrons. The highest BCUT2D eigenvalue weighted by Crippen LogP contribution is 2.28. The summed E-state index contributed by atoms with van der Waals surface area (Å²) in [7, 11) is -3.90. The van der Waals surface area contributed by atoms with E-state index in [0.717, 1.165) is 35.6 Å². The third-order valence-electron chi connectivity index (χ3n) is 3.65. The summed E-state index contributed by atoms with van der Waals surface area (Å²) in [6.45, 7) is 1.50. The van der Waals surface area contributed by atoms with Crippen molar-refractivity contribution in [1.82, 2.24) is 10.3 Å². The lowest BCUT2D eigenvalue weighted by atomic mass is 10.2. The van der Waals surface area contributed by atoms with Gasteiger partial charge in [-0.15, -0.1) is 0 Å². The highest BCUT2D eigenvalue weighted by atomic mass is 32.2. The number of aliphatic hydroxyl groups excluding tert-OH is 1. The number of hydrogen-bond acceptors (Lipinski definition) is 6. The molecule has 10 heteroatoms. The number of thiazole rings is 1. The van der Waals surface area contributed by atoms with E-state index in [9.17, 15) is 17.6 Å². The average Bonchev–Trinajstić information content (AvgIpc) is 3.02. The summed E-state index contributed by atoms with van der Waals surface area (Å²) in [6.07, 6.45) is 0. The van der Waals surface area contributed by atoms with E-state index in [0.29, 0.717) is 15.8 Å². The van der Waals surface area contributed by atoms with E-state index in [1.807, 2.05) is 0 Å². The summed E-state index contributed by atoms with van der Waals surface area (Å²) in [6, 6.07) is 8.84. The molecule has 27 heavy (non-hydrogen) atoms. The predicted molar refractivity (Wildman–Crippen MR) is 101 cm³/mol. The third-order valence-corrected chi connectivity index (χ3v) is 6.07. The molecule has 7 nitrogen and oxygen atoms in total. The van der Waals surface area contributed by atoms with Crippen LogP contribution in [-0.2, 0) is 10.0 Å². The fourth-order valence-electron chi connectivity index (χ4n) is 2.25. The van der Waals surface area contributed by atoms with Gasteiger partial charge in [0.2, 0.25) is 0 Å². The maximum atomic E-state index is 13.0. The summed E-state index contributed by atoms with van der Waals surface area (Å²) >= 11 is 1.07. The molecular formula is C17H16FN3O4S2. The summed E-state index contributed by atoms with van der Waals surface area (Å²) in [5.74, 6) is -0.879. The molecular weight excluding hydrogens is 393 g/mol. The van der Waals surface area contributed by atoms with Crippen LogP contribution < -0.4 is 10.0 Å². The second-order valence-corrected chi connectivity index (χ2v) is 8.53. The number of carbonyl (C=O) groups excluding carboxylic acids is 1. The number of fused-ring (bicyclic) bond motifs is 1. The Balaban J connectivity index is 1.84. The standard InChI is InChI=1S/C17H16FN3O4S2/c1-10(9-22)19-16(23)11-2-7-14-15(8-11)26-17(20-14)21-27(24,25)13-5-3-12(18)4-6-13/h2-8,10,22H,9H2,1H3,(H,19,23)(H,20,21). The monoisotopic (exact) mass is 409 g/mol. The van der Waals surface area contributed by atoms with Gasteiger partial charge in [-0.2, -0.15) is 0 Å². The number of sulfonamides is 1. The van der Waals surface area contributed by atoms with E-state index < -0.39 is 15.8 Å². The Morgan fingerprint density at radius 2 is 1.96 bits per heavy atom. The van der Waals surface area contributed by atoms with Gasteiger partial charge in [-0.25, -0.2) is 17.8 Å². The van der Waals surface area contributed by atoms with Crippen molar-refractivity contribution < 1.29 is 22.7 Å². The predicted octanol–water partition coefficient (Wildman–Crippen LogP) is 2.35. The number of hydrogen-bond donors (Lipinski definition) is 3. The normalized spacial score (nSPS) is 12.7. The molecule has 0 aliphatic heterocycles. The molecule has 0 aliphatic carbocycles. The van der Waals surface area contributed by atoms with E-state index in [1.165, 1.54) is 0 Å². The minimum Gasteiger partial charge on any atom is -0.394 e. The van der Waals surface area contributed by atoms with Gasteiger partial charge in [0, 0.05) is 11.6 Å². The zero-order chi connectivity index (χ0) is 19.6. The van der Waals surface area contributed by atoms with Crippen LogP contribution in [0, 0.1) is 5.82 Å². The van der Waals surface area contributed by atoms with Crippen molar-refractivity contribution in [2.75, 3.05) is 11.3 Å². The first-order valence-electron chi connectivity index (χ1n) is 7.89. The highest BCUT2D eigenvalue weighted by Gasteiger charge is 2.17. The molecule has 1 atom stereocenters. The summed E-state index contributed by atoms with van der Waals surface area (Å²) in [5, 5.41) is 11.8. The number of carbonyl (C=O) groups is 1. The van der Waals surface area contributed by atoms with Crippen molar-refractivity contribution in [3.05, 3.63) is 53.8 Å². The molecule has 0 spiro atoms. The van der Waals surface area contributed by atoms with E-state index >= 15 is 0 Å². The van der Waals surface area contributed by atoms with Crippen molar-refractivity contribution >= 4 is 42.6 Å². The quantitative estimate of drug-likeness (QED) is 0.579. The summed E-state index contributed by atoms with van der Waals surface area (Å²) < 4.78 is 40.7. The Bertz CT molecular complexity index is 1080. The fourth-order valence-corrected chi connectivity index (χ4v) is 4.39. The van der Waals surface area contributed by atoms with E-state index in [2.05, 4.69) is 15.0 Å². The van der Waals surface area contributed by atoms with Gasteiger partial charge < -0.3 is 10.4 Å². The van der Waals surface area contributed by atoms with E-state index in [1.54, 1.807) is 25.1 Å². The second-order valence-electron chi connectivity index (χ2n) is 5.82. The van der Waals surface area contributed by atoms with Crippen LogP contribution in [-0.4, -0.2) is 37.1 Å². The van der Waals surface area contributed by atoms with Crippen molar-refractivity contribution in [2.24, 2.45) is 0 Å². The number of nitrogens with zero attached hydrogens (tertiary/aromatic N) is 1. The second kappa shape index (κ2) is 7.59. The van der Waals surface area contributed by atoms with Crippen LogP contribution in [0.3, 0.4) is 0 Å². The SMILES string of the molecule is CC(CO)NC(=O)c1ccc2nc(NS(=O)(=O)c3ccc(F)cc3)sc2c1. The first kappa shape index (κ1) is 19.2. The molecule has 142 valence electrons. The van der Waals surface area contributed by atoms with Crippen LogP contribution in [0.15, 0.2) is 47.4 Å². The number of benzene rings is 2. The number of aromatic nitrogens is 1. The minimum atomic E-state index is -3.90. The van der Waals surface area contributed by atoms with Crippen LogP contribution in [0.2, 0.25) is 0 Å². The van der Waals surface area contributed by atoms with Crippen LogP contribution in [0.5, 0.6) is 0 Å². The lowest BCUT2D eigenvalue weighted by Crippen LogP contribution is -2.34. The van der Waals surface area contributed by atoms with Crippen molar-refractivity contribution in [3.63, 3.8) is 0 Å². The van der Waals surface area contributed by atoms with Gasteiger partial charge in [-0.1, -0.05) is 11.3 Å². The van der Waals surface area contributed by atoms with Gasteiger partial charge in [0.05, 0.1) is 21.7 Å². The molecule has 0 bridgehead atoms. The van der Waals surface area contributed by atoms with Gasteiger partial charge in [-0.05, 0) is 49.4 Å². The van der Waals surface area contributed by atoms with Gasteiger partial charge in [0.1, 0.15) is 5.82 Å². The topological polar surface area (TPSA) is 108 Å². The Labute approximate surface area is 158 Å². The smallest absolute Gasteiger partial charge is 0.263 e. The molecule has 1 heterocycles. The van der Waals surface area contributed by atoms with Gasteiger partial charge in [0.25, 0.3) is 15.9 Å². The van der Waals surface area contributed by atoms with Crippen molar-refractivity contribution in [3.8, 4) is 0 Å². The zero-order valence-corrected chi connectivity index (χ0v) is 15.8. The number of rotatable bonds is 6. The number of amides is 1. The molecule has 0 saturated heterocycles. The van der Waals surface area contributed by atoms with Gasteiger partial charge >= 0.3 is 0 Å². The number of anilines is 1. The van der Waals surface area contributed by atoms with Crippen LogP contribution in [0.4, 0.5) is 9.52 Å². The number of halogens is 1.